The molecular weight excluding hydrogens is 770 g/mol. The SMILES string of the molecule is NCCC(O)C(=O)NC1CC(N)C(OC2OC(CO)C(O)CC2N)C(OC2OC(CO)C(O)C2OC2OC(CN)C(O)C(O)C2O)C1O.O=C(O)O.O=C(O)O. The summed E-state index contributed by atoms with van der Waals surface area (Å²) in [5.74, 6) is -0.847. The molecule has 3 heterocycles. The molecule has 27 heteroatoms. The number of nitrogens with two attached hydrogens (primary N) is 4. The third kappa shape index (κ3) is 13.4. The van der Waals surface area contributed by atoms with Crippen LogP contribution < -0.4 is 28.3 Å². The fourth-order valence-corrected chi connectivity index (χ4v) is 6.28. The molecule has 3 saturated heterocycles. The lowest BCUT2D eigenvalue weighted by atomic mass is 9.83. The number of carbonyl (C=O) groups is 3. The van der Waals surface area contributed by atoms with Crippen LogP contribution in [0.25, 0.3) is 0 Å². The topological polar surface area (TPSA) is 486 Å². The van der Waals surface area contributed by atoms with E-state index in [1.54, 1.807) is 0 Å². The monoisotopic (exact) mass is 825 g/mol. The standard InChI is InChI=1S/C27H51N5O16.2CH2O3/c28-2-1-11(35)24(42)32-10-3-8(30)21(46-25-9(31)4-12(36)14(6-33)44-25)22(16(10)37)47-27-23(18(39)15(7-34)45-27)48-26-20(41)19(40)17(38)13(5-29)43-26;2*2-1(3)4/h8-23,25-27,33-41H,1-7,28-31H2,(H,32,42);2*(H2,2,3,4). The van der Waals surface area contributed by atoms with Crippen LogP contribution in [0.3, 0.4) is 0 Å². The Morgan fingerprint density at radius 1 is 0.643 bits per heavy atom. The summed E-state index contributed by atoms with van der Waals surface area (Å²) < 4.78 is 34.9. The van der Waals surface area contributed by atoms with E-state index < -0.39 is 148 Å². The van der Waals surface area contributed by atoms with Crippen LogP contribution in [-0.4, -0.2) is 227 Å². The molecule has 4 aliphatic rings. The van der Waals surface area contributed by atoms with Gasteiger partial charge in [-0.05, 0) is 25.8 Å². The maximum Gasteiger partial charge on any atom is 0.503 e. The molecule has 19 unspecified atom stereocenters. The van der Waals surface area contributed by atoms with Gasteiger partial charge in [0.05, 0.1) is 31.4 Å². The summed E-state index contributed by atoms with van der Waals surface area (Å²) in [6, 6.07) is -3.09. The minimum Gasteiger partial charge on any atom is -0.450 e. The average molecular weight is 826 g/mol. The van der Waals surface area contributed by atoms with E-state index >= 15 is 0 Å². The van der Waals surface area contributed by atoms with Crippen molar-refractivity contribution >= 4 is 18.2 Å². The van der Waals surface area contributed by atoms with Crippen molar-refractivity contribution in [3.8, 4) is 0 Å². The maximum absolute atomic E-state index is 12.7. The quantitative estimate of drug-likeness (QED) is 0.0820. The molecule has 0 radical (unpaired) electrons. The van der Waals surface area contributed by atoms with Crippen molar-refractivity contribution in [2.75, 3.05) is 26.3 Å². The first-order valence-electron chi connectivity index (χ1n) is 17.2. The molecule has 1 saturated carbocycles. The number of ether oxygens (including phenoxy) is 6. The van der Waals surface area contributed by atoms with Gasteiger partial charge in [0, 0.05) is 12.6 Å². The van der Waals surface area contributed by atoms with Crippen molar-refractivity contribution in [1.82, 2.24) is 5.32 Å². The number of hydrogen-bond acceptors (Lipinski definition) is 22. The van der Waals surface area contributed by atoms with Crippen molar-refractivity contribution in [3.63, 3.8) is 0 Å². The number of rotatable bonds is 13. The molecular formula is C29H55N5O22. The number of nitrogens with one attached hydrogen (secondary N) is 1. The number of carbonyl (C=O) groups excluding carboxylic acids is 1. The first-order valence-corrected chi connectivity index (χ1v) is 17.2. The minimum atomic E-state index is -1.83. The van der Waals surface area contributed by atoms with Gasteiger partial charge >= 0.3 is 12.3 Å². The van der Waals surface area contributed by atoms with Crippen LogP contribution in [-0.2, 0) is 33.2 Å². The Kier molecular flexibility index (Phi) is 20.3. The third-order valence-corrected chi connectivity index (χ3v) is 9.12. The summed E-state index contributed by atoms with van der Waals surface area (Å²) in [6.45, 7) is -1.56. The van der Waals surface area contributed by atoms with Crippen LogP contribution in [0.15, 0.2) is 0 Å². The lowest BCUT2D eigenvalue weighted by Gasteiger charge is -2.47. The van der Waals surface area contributed by atoms with Gasteiger partial charge < -0.3 is 123 Å². The summed E-state index contributed by atoms with van der Waals surface area (Å²) in [5, 5.41) is 124. The molecule has 4 fully saturated rings. The fraction of sp³-hybridized carbons (Fsp3) is 0.897. The maximum atomic E-state index is 12.7. The molecule has 56 heavy (non-hydrogen) atoms. The first-order chi connectivity index (χ1) is 26.2. The summed E-state index contributed by atoms with van der Waals surface area (Å²) in [5.41, 5.74) is 23.7. The second kappa shape index (κ2) is 23.0. The Morgan fingerprint density at radius 3 is 1.70 bits per heavy atom. The summed E-state index contributed by atoms with van der Waals surface area (Å²) in [7, 11) is 0. The Hall–Kier alpha value is -2.75. The predicted molar refractivity (Wildman–Crippen MR) is 178 cm³/mol. The highest BCUT2D eigenvalue weighted by atomic mass is 16.8. The smallest absolute Gasteiger partial charge is 0.450 e. The molecule has 19 atom stereocenters. The largest absolute Gasteiger partial charge is 0.503 e. The van der Waals surface area contributed by atoms with Crippen LogP contribution in [0, 0.1) is 0 Å². The van der Waals surface area contributed by atoms with Crippen LogP contribution in [0.2, 0.25) is 0 Å². The predicted octanol–water partition coefficient (Wildman–Crippen LogP) is -8.49. The molecule has 0 aromatic carbocycles. The van der Waals surface area contributed by atoms with Gasteiger partial charge in [-0.25, -0.2) is 9.59 Å². The van der Waals surface area contributed by atoms with E-state index in [0.717, 1.165) is 0 Å². The van der Waals surface area contributed by atoms with E-state index in [1.807, 2.05) is 0 Å². The Bertz CT molecular complexity index is 1190. The molecule has 328 valence electrons. The Morgan fingerprint density at radius 2 is 1.16 bits per heavy atom. The van der Waals surface area contributed by atoms with Gasteiger partial charge in [-0.1, -0.05) is 0 Å². The van der Waals surface area contributed by atoms with E-state index in [0.29, 0.717) is 0 Å². The number of carboxylic acid groups (broad SMARTS) is 4. The van der Waals surface area contributed by atoms with Gasteiger partial charge in [0.2, 0.25) is 5.91 Å². The van der Waals surface area contributed by atoms with E-state index in [9.17, 15) is 50.8 Å². The molecule has 1 aliphatic carbocycles. The molecule has 3 aliphatic heterocycles. The van der Waals surface area contributed by atoms with Gasteiger partial charge in [0.15, 0.2) is 18.9 Å². The zero-order valence-corrected chi connectivity index (χ0v) is 29.7. The van der Waals surface area contributed by atoms with Gasteiger partial charge in [-0.15, -0.1) is 0 Å². The lowest BCUT2D eigenvalue weighted by molar-refractivity contribution is -0.333. The highest BCUT2D eigenvalue weighted by molar-refractivity contribution is 5.80. The summed E-state index contributed by atoms with van der Waals surface area (Å²) in [6.07, 6.45) is -27.4. The molecule has 0 aromatic rings. The fourth-order valence-electron chi connectivity index (χ4n) is 6.28. The van der Waals surface area contributed by atoms with Crippen molar-refractivity contribution in [3.05, 3.63) is 0 Å². The first kappa shape index (κ1) is 49.4. The van der Waals surface area contributed by atoms with Gasteiger partial charge in [0.25, 0.3) is 0 Å². The molecule has 22 N–H and O–H groups in total. The van der Waals surface area contributed by atoms with Gasteiger partial charge in [-0.2, -0.15) is 0 Å². The molecule has 0 bridgehead atoms. The summed E-state index contributed by atoms with van der Waals surface area (Å²) >= 11 is 0. The zero-order valence-electron chi connectivity index (χ0n) is 29.7. The van der Waals surface area contributed by atoms with Gasteiger partial charge in [0.1, 0.15) is 73.2 Å². The van der Waals surface area contributed by atoms with Crippen LogP contribution >= 0.6 is 0 Å². The van der Waals surface area contributed by atoms with E-state index in [1.165, 1.54) is 0 Å². The van der Waals surface area contributed by atoms with Crippen LogP contribution in [0.5, 0.6) is 0 Å². The van der Waals surface area contributed by atoms with Crippen molar-refractivity contribution in [2.45, 2.75) is 136 Å². The molecule has 0 spiro atoms. The normalized spacial score (nSPS) is 41.6. The van der Waals surface area contributed by atoms with Crippen molar-refractivity contribution in [1.29, 1.82) is 0 Å². The van der Waals surface area contributed by atoms with Gasteiger partial charge in [-0.3, -0.25) is 4.79 Å². The highest BCUT2D eigenvalue weighted by Crippen LogP contribution is 2.35. The number of amides is 1. The third-order valence-electron chi connectivity index (χ3n) is 9.12. The lowest BCUT2D eigenvalue weighted by Crippen LogP contribution is -2.67. The van der Waals surface area contributed by atoms with E-state index in [4.69, 9.17) is 81.4 Å². The Labute approximate surface area is 317 Å². The molecule has 4 rings (SSSR count). The van der Waals surface area contributed by atoms with E-state index in [-0.39, 0.29) is 32.4 Å². The van der Waals surface area contributed by atoms with Crippen LogP contribution in [0.4, 0.5) is 9.59 Å². The molecule has 1 amide bonds. The molecule has 0 aromatic heterocycles. The average Bonchev–Trinajstić information content (AvgIpc) is 3.41. The van der Waals surface area contributed by atoms with Crippen LogP contribution in [0.1, 0.15) is 19.3 Å². The minimum absolute atomic E-state index is 0.00429. The zero-order chi connectivity index (χ0) is 42.6. The summed E-state index contributed by atoms with van der Waals surface area (Å²) in [4.78, 5) is 29.8. The second-order valence-corrected chi connectivity index (χ2v) is 13.1. The van der Waals surface area contributed by atoms with E-state index in [2.05, 4.69) is 5.32 Å². The number of aliphatic hydroxyl groups excluding tert-OH is 9. The molecule has 27 nitrogen and oxygen atoms in total. The number of hydrogen-bond donors (Lipinski definition) is 18. The number of aliphatic hydroxyl groups is 9. The second-order valence-electron chi connectivity index (χ2n) is 13.1. The highest BCUT2D eigenvalue weighted by Gasteiger charge is 2.55. The Balaban J connectivity index is 0.00000123. The van der Waals surface area contributed by atoms with Crippen molar-refractivity contribution < 1.29 is 109 Å². The van der Waals surface area contributed by atoms with Crippen molar-refractivity contribution in [2.24, 2.45) is 22.9 Å².